The van der Waals surface area contributed by atoms with Gasteiger partial charge in [0.15, 0.2) is 9.84 Å². The average Bonchev–Trinajstić information content (AvgIpc) is 3.12. The largest absolute Gasteiger partial charge is 0.372 e. The molecule has 2 aliphatic rings. The number of morpholine rings is 1. The number of hydrogen-bond donors (Lipinski definition) is 1. The fourth-order valence-corrected chi connectivity index (χ4v) is 5.49. The summed E-state index contributed by atoms with van der Waals surface area (Å²) >= 11 is 6.07. The predicted octanol–water partition coefficient (Wildman–Crippen LogP) is 1.53. The number of rotatable bonds is 2. The molecule has 11 heteroatoms. The van der Waals surface area contributed by atoms with Crippen molar-refractivity contribution in [3.8, 4) is 5.69 Å². The first-order valence-electron chi connectivity index (χ1n) is 9.46. The molecule has 0 radical (unpaired) electrons. The lowest BCUT2D eigenvalue weighted by Gasteiger charge is -2.34. The number of carbonyl (C=O) groups excluding carboxylic acids is 2. The van der Waals surface area contributed by atoms with Crippen LogP contribution < -0.4 is 5.32 Å². The third kappa shape index (κ3) is 4.07. The number of halogens is 1. The summed E-state index contributed by atoms with van der Waals surface area (Å²) in [5.41, 5.74) is 1.29. The maximum Gasteiger partial charge on any atom is 0.315 e. The van der Waals surface area contributed by atoms with Crippen LogP contribution in [0.25, 0.3) is 5.69 Å². The molecular weight excluding hydrogens is 432 g/mol. The topological polar surface area (TPSA) is 111 Å². The fraction of sp³-hybridized carbons (Fsp3) is 0.421. The maximum absolute atomic E-state index is 12.8. The van der Waals surface area contributed by atoms with E-state index < -0.39 is 21.7 Å². The van der Waals surface area contributed by atoms with E-state index in [0.717, 1.165) is 0 Å². The first kappa shape index (κ1) is 20.8. The number of amides is 2. The number of benzene rings is 1. The van der Waals surface area contributed by atoms with Gasteiger partial charge in [0.05, 0.1) is 35.1 Å². The molecule has 30 heavy (non-hydrogen) atoms. The molecule has 0 saturated carbocycles. The van der Waals surface area contributed by atoms with Crippen LogP contribution in [0.1, 0.15) is 25.1 Å². The predicted molar refractivity (Wildman–Crippen MR) is 110 cm³/mol. The van der Waals surface area contributed by atoms with Crippen molar-refractivity contribution in [3.05, 3.63) is 40.5 Å². The molecule has 1 N–H and O–H groups in total. The van der Waals surface area contributed by atoms with Gasteiger partial charge in [0.1, 0.15) is 5.82 Å². The van der Waals surface area contributed by atoms with Crippen molar-refractivity contribution in [2.45, 2.75) is 37.6 Å². The molecule has 1 aromatic heterocycles. The third-order valence-corrected chi connectivity index (χ3v) is 6.65. The van der Waals surface area contributed by atoms with Crippen molar-refractivity contribution in [3.63, 3.8) is 0 Å². The molecule has 1 saturated heterocycles. The molecular formula is C19H21ClN4O5S. The maximum atomic E-state index is 12.8. The standard InChI is InChI=1S/C19H21ClN4O5S/c1-11-7-23(8-12(2)29-11)19(26)18(25)21-17-15-9-30(27,28)10-16(15)22-24(17)14-5-3-4-13(20)6-14/h3-6,11-12H,7-10H2,1-2H3,(H,21,25). The van der Waals surface area contributed by atoms with Gasteiger partial charge in [-0.05, 0) is 32.0 Å². The number of aromatic nitrogens is 2. The van der Waals surface area contributed by atoms with Gasteiger partial charge in [0, 0.05) is 23.7 Å². The molecule has 0 spiro atoms. The van der Waals surface area contributed by atoms with E-state index in [1.165, 1.54) is 9.58 Å². The minimum atomic E-state index is -3.35. The summed E-state index contributed by atoms with van der Waals surface area (Å²) in [5.74, 6) is -1.86. The van der Waals surface area contributed by atoms with E-state index in [0.29, 0.717) is 35.1 Å². The zero-order chi connectivity index (χ0) is 21.6. The van der Waals surface area contributed by atoms with Crippen molar-refractivity contribution < 1.29 is 22.7 Å². The Balaban J connectivity index is 1.66. The lowest BCUT2D eigenvalue weighted by Crippen LogP contribution is -2.51. The molecule has 0 aliphatic carbocycles. The number of anilines is 1. The molecule has 9 nitrogen and oxygen atoms in total. The number of carbonyl (C=O) groups is 2. The quantitative estimate of drug-likeness (QED) is 0.692. The van der Waals surface area contributed by atoms with Gasteiger partial charge in [-0.15, -0.1) is 0 Å². The molecule has 160 valence electrons. The Bertz CT molecular complexity index is 1120. The first-order valence-corrected chi connectivity index (χ1v) is 11.7. The summed E-state index contributed by atoms with van der Waals surface area (Å²) in [5, 5.41) is 7.42. The minimum absolute atomic E-state index is 0.168. The van der Waals surface area contributed by atoms with E-state index in [-0.39, 0.29) is 29.5 Å². The van der Waals surface area contributed by atoms with Crippen molar-refractivity contribution in [1.82, 2.24) is 14.7 Å². The Morgan fingerprint density at radius 2 is 1.90 bits per heavy atom. The van der Waals surface area contributed by atoms with E-state index >= 15 is 0 Å². The highest BCUT2D eigenvalue weighted by Gasteiger charge is 2.35. The number of fused-ring (bicyclic) bond motifs is 1. The van der Waals surface area contributed by atoms with Crippen LogP contribution in [0.2, 0.25) is 5.02 Å². The second kappa shape index (κ2) is 7.68. The number of nitrogens with zero attached hydrogens (tertiary/aromatic N) is 3. The van der Waals surface area contributed by atoms with Crippen LogP contribution in [0.5, 0.6) is 0 Å². The average molecular weight is 453 g/mol. The van der Waals surface area contributed by atoms with Crippen LogP contribution in [0.3, 0.4) is 0 Å². The van der Waals surface area contributed by atoms with Crippen LogP contribution in [0, 0.1) is 0 Å². The highest BCUT2D eigenvalue weighted by atomic mass is 35.5. The van der Waals surface area contributed by atoms with Gasteiger partial charge >= 0.3 is 11.8 Å². The number of nitrogens with one attached hydrogen (secondary N) is 1. The Morgan fingerprint density at radius 1 is 1.20 bits per heavy atom. The second-order valence-electron chi connectivity index (χ2n) is 7.62. The van der Waals surface area contributed by atoms with Crippen LogP contribution in [-0.4, -0.2) is 60.2 Å². The van der Waals surface area contributed by atoms with Gasteiger partial charge < -0.3 is 15.0 Å². The Kier molecular flexibility index (Phi) is 5.33. The molecule has 2 aromatic rings. The third-order valence-electron chi connectivity index (χ3n) is 4.97. The van der Waals surface area contributed by atoms with Crippen molar-refractivity contribution >= 4 is 39.1 Å². The summed E-state index contributed by atoms with van der Waals surface area (Å²) < 4.78 is 31.2. The number of ether oxygens (including phenoxy) is 1. The highest BCUT2D eigenvalue weighted by molar-refractivity contribution is 7.90. The van der Waals surface area contributed by atoms with Gasteiger partial charge in [-0.25, -0.2) is 13.1 Å². The Morgan fingerprint density at radius 3 is 2.57 bits per heavy atom. The molecule has 2 atom stereocenters. The van der Waals surface area contributed by atoms with Crippen LogP contribution >= 0.6 is 11.6 Å². The van der Waals surface area contributed by atoms with E-state index in [1.54, 1.807) is 24.3 Å². The number of hydrogen-bond acceptors (Lipinski definition) is 6. The van der Waals surface area contributed by atoms with Gasteiger partial charge in [-0.3, -0.25) is 9.59 Å². The highest BCUT2D eigenvalue weighted by Crippen LogP contribution is 2.33. The van der Waals surface area contributed by atoms with Gasteiger partial charge in [-0.2, -0.15) is 5.10 Å². The summed E-state index contributed by atoms with van der Waals surface area (Å²) in [6, 6.07) is 6.77. The van der Waals surface area contributed by atoms with Crippen molar-refractivity contribution in [2.75, 3.05) is 18.4 Å². The summed E-state index contributed by atoms with van der Waals surface area (Å²) in [6.45, 7) is 4.27. The zero-order valence-electron chi connectivity index (χ0n) is 16.5. The van der Waals surface area contributed by atoms with E-state index in [9.17, 15) is 18.0 Å². The molecule has 1 aromatic carbocycles. The Hall–Kier alpha value is -2.43. The summed E-state index contributed by atoms with van der Waals surface area (Å²) in [4.78, 5) is 26.9. The molecule has 2 amide bonds. The lowest BCUT2D eigenvalue weighted by molar-refractivity contribution is -0.151. The molecule has 4 rings (SSSR count). The second-order valence-corrected chi connectivity index (χ2v) is 10.1. The minimum Gasteiger partial charge on any atom is -0.372 e. The smallest absolute Gasteiger partial charge is 0.315 e. The van der Waals surface area contributed by atoms with Crippen molar-refractivity contribution in [1.29, 1.82) is 0 Å². The van der Waals surface area contributed by atoms with Crippen LogP contribution in [0.4, 0.5) is 5.82 Å². The van der Waals surface area contributed by atoms with E-state index in [2.05, 4.69) is 10.4 Å². The first-order chi connectivity index (χ1) is 14.1. The summed E-state index contributed by atoms with van der Waals surface area (Å²) in [7, 11) is -3.35. The molecule has 1 fully saturated rings. The Labute approximate surface area is 178 Å². The van der Waals surface area contributed by atoms with E-state index in [4.69, 9.17) is 16.3 Å². The molecule has 2 aliphatic heterocycles. The van der Waals surface area contributed by atoms with E-state index in [1.807, 2.05) is 13.8 Å². The van der Waals surface area contributed by atoms with Gasteiger partial charge in [0.25, 0.3) is 0 Å². The lowest BCUT2D eigenvalue weighted by atomic mass is 10.2. The fourth-order valence-electron chi connectivity index (χ4n) is 3.81. The van der Waals surface area contributed by atoms with Gasteiger partial charge in [-0.1, -0.05) is 17.7 Å². The normalized spacial score (nSPS) is 22.6. The van der Waals surface area contributed by atoms with Crippen LogP contribution in [-0.2, 0) is 35.7 Å². The zero-order valence-corrected chi connectivity index (χ0v) is 18.0. The van der Waals surface area contributed by atoms with Crippen LogP contribution in [0.15, 0.2) is 24.3 Å². The van der Waals surface area contributed by atoms with Crippen molar-refractivity contribution in [2.24, 2.45) is 0 Å². The molecule has 3 heterocycles. The monoisotopic (exact) mass is 452 g/mol. The number of sulfone groups is 1. The molecule has 2 unspecified atom stereocenters. The van der Waals surface area contributed by atoms with Gasteiger partial charge in [0.2, 0.25) is 0 Å². The molecule has 0 bridgehead atoms. The summed E-state index contributed by atoms with van der Waals surface area (Å²) in [6.07, 6.45) is -0.367. The SMILES string of the molecule is CC1CN(C(=O)C(=O)Nc2c3c(nn2-c2cccc(Cl)c2)CS(=O)(=O)C3)CC(C)O1.